The van der Waals surface area contributed by atoms with Crippen molar-refractivity contribution >= 4 is 11.4 Å². The van der Waals surface area contributed by atoms with Gasteiger partial charge in [-0.2, -0.15) is 18.3 Å². The number of nitrogens with one attached hydrogen (secondary N) is 1. The monoisotopic (exact) mass is 242 g/mol. The maximum atomic E-state index is 12.4. The van der Waals surface area contributed by atoms with Crippen LogP contribution >= 0.6 is 0 Å². The molecule has 0 bridgehead atoms. The average molecular weight is 242 g/mol. The van der Waals surface area contributed by atoms with Gasteiger partial charge in [-0.25, -0.2) is 0 Å². The third-order valence-corrected chi connectivity index (χ3v) is 2.72. The van der Waals surface area contributed by atoms with Crippen molar-refractivity contribution in [2.75, 3.05) is 5.43 Å². The Kier molecular flexibility index (Phi) is 3.09. The van der Waals surface area contributed by atoms with Gasteiger partial charge >= 0.3 is 6.18 Å². The van der Waals surface area contributed by atoms with E-state index < -0.39 is 11.7 Å². The lowest BCUT2D eigenvalue weighted by molar-refractivity contribution is -0.137. The zero-order chi connectivity index (χ0) is 12.5. The molecule has 0 saturated heterocycles. The first-order chi connectivity index (χ1) is 7.97. The zero-order valence-corrected chi connectivity index (χ0v) is 9.38. The maximum absolute atomic E-state index is 12.4. The van der Waals surface area contributed by atoms with E-state index in [1.807, 2.05) is 6.92 Å². The highest BCUT2D eigenvalue weighted by atomic mass is 19.4. The number of nitrogens with zero attached hydrogens (tertiary/aromatic N) is 1. The SMILES string of the molecule is C/C(=N\Nc1cccc(C(F)(F)F)c1)C1CC1. The van der Waals surface area contributed by atoms with Crippen molar-refractivity contribution < 1.29 is 13.2 Å². The molecule has 1 fully saturated rings. The van der Waals surface area contributed by atoms with Gasteiger partial charge in [0.05, 0.1) is 11.3 Å². The lowest BCUT2D eigenvalue weighted by Gasteiger charge is -2.08. The minimum absolute atomic E-state index is 0.361. The predicted molar refractivity (Wildman–Crippen MR) is 60.9 cm³/mol. The Hall–Kier alpha value is -1.52. The fourth-order valence-electron chi connectivity index (χ4n) is 1.51. The maximum Gasteiger partial charge on any atom is 0.416 e. The van der Waals surface area contributed by atoms with E-state index >= 15 is 0 Å². The Morgan fingerprint density at radius 2 is 2.06 bits per heavy atom. The van der Waals surface area contributed by atoms with Crippen LogP contribution in [0.3, 0.4) is 0 Å². The van der Waals surface area contributed by atoms with Crippen molar-refractivity contribution in [2.24, 2.45) is 11.0 Å². The molecule has 1 aliphatic carbocycles. The topological polar surface area (TPSA) is 24.4 Å². The van der Waals surface area contributed by atoms with Gasteiger partial charge in [0.25, 0.3) is 0 Å². The first-order valence-electron chi connectivity index (χ1n) is 5.44. The molecule has 2 rings (SSSR count). The van der Waals surface area contributed by atoms with Gasteiger partial charge in [-0.15, -0.1) is 0 Å². The van der Waals surface area contributed by atoms with Crippen LogP contribution in [0, 0.1) is 5.92 Å². The number of benzene rings is 1. The van der Waals surface area contributed by atoms with Crippen molar-refractivity contribution in [3.63, 3.8) is 0 Å². The highest BCUT2D eigenvalue weighted by molar-refractivity contribution is 5.86. The molecule has 0 radical (unpaired) electrons. The van der Waals surface area contributed by atoms with Crippen LogP contribution in [0.25, 0.3) is 0 Å². The second kappa shape index (κ2) is 4.39. The van der Waals surface area contributed by atoms with E-state index in [0.29, 0.717) is 11.6 Å². The van der Waals surface area contributed by atoms with Crippen molar-refractivity contribution in [1.82, 2.24) is 0 Å². The van der Waals surface area contributed by atoms with E-state index in [9.17, 15) is 13.2 Å². The largest absolute Gasteiger partial charge is 0.416 e. The van der Waals surface area contributed by atoms with E-state index in [1.165, 1.54) is 6.07 Å². The molecule has 2 nitrogen and oxygen atoms in total. The summed E-state index contributed by atoms with van der Waals surface area (Å²) >= 11 is 0. The molecule has 0 aliphatic heterocycles. The summed E-state index contributed by atoms with van der Waals surface area (Å²) in [7, 11) is 0. The molecule has 0 atom stereocenters. The van der Waals surface area contributed by atoms with Gasteiger partial charge in [0, 0.05) is 5.71 Å². The molecule has 1 aliphatic rings. The molecule has 1 N–H and O–H groups in total. The van der Waals surface area contributed by atoms with Crippen LogP contribution in [-0.2, 0) is 6.18 Å². The van der Waals surface area contributed by atoms with Gasteiger partial charge in [-0.3, -0.25) is 5.43 Å². The smallest absolute Gasteiger partial charge is 0.279 e. The van der Waals surface area contributed by atoms with E-state index in [1.54, 1.807) is 6.07 Å². The van der Waals surface area contributed by atoms with Crippen molar-refractivity contribution in [3.8, 4) is 0 Å². The number of anilines is 1. The summed E-state index contributed by atoms with van der Waals surface area (Å²) < 4.78 is 37.3. The van der Waals surface area contributed by atoms with Crippen LogP contribution < -0.4 is 5.43 Å². The molecule has 0 spiro atoms. The third kappa shape index (κ3) is 3.22. The van der Waals surface area contributed by atoms with Gasteiger partial charge in [0.2, 0.25) is 0 Å². The van der Waals surface area contributed by atoms with E-state index in [-0.39, 0.29) is 0 Å². The van der Waals surface area contributed by atoms with Crippen molar-refractivity contribution in [1.29, 1.82) is 0 Å². The quantitative estimate of drug-likeness (QED) is 0.630. The number of alkyl halides is 3. The predicted octanol–water partition coefficient (Wildman–Crippen LogP) is 3.90. The van der Waals surface area contributed by atoms with Gasteiger partial charge < -0.3 is 0 Å². The molecule has 1 aromatic rings. The first-order valence-corrected chi connectivity index (χ1v) is 5.44. The Labute approximate surface area is 97.5 Å². The number of hydrazone groups is 1. The van der Waals surface area contributed by atoms with E-state index in [2.05, 4.69) is 10.5 Å². The molecular weight excluding hydrogens is 229 g/mol. The third-order valence-electron chi connectivity index (χ3n) is 2.72. The van der Waals surface area contributed by atoms with Crippen LogP contribution in [0.15, 0.2) is 29.4 Å². The van der Waals surface area contributed by atoms with Crippen LogP contribution in [-0.4, -0.2) is 5.71 Å². The summed E-state index contributed by atoms with van der Waals surface area (Å²) in [5.41, 5.74) is 3.31. The summed E-state index contributed by atoms with van der Waals surface area (Å²) in [5, 5.41) is 4.08. The molecule has 0 heterocycles. The van der Waals surface area contributed by atoms with Crippen LogP contribution in [0.2, 0.25) is 0 Å². The van der Waals surface area contributed by atoms with Gasteiger partial charge in [-0.1, -0.05) is 6.07 Å². The van der Waals surface area contributed by atoms with Crippen LogP contribution in [0.5, 0.6) is 0 Å². The summed E-state index contributed by atoms with van der Waals surface area (Å²) in [6.07, 6.45) is -2.06. The molecule has 0 unspecified atom stereocenters. The lowest BCUT2D eigenvalue weighted by atomic mass is 10.2. The van der Waals surface area contributed by atoms with Gasteiger partial charge in [0.1, 0.15) is 0 Å². The van der Waals surface area contributed by atoms with Crippen LogP contribution in [0.4, 0.5) is 18.9 Å². The Balaban J connectivity index is 2.08. The minimum Gasteiger partial charge on any atom is -0.279 e. The Bertz CT molecular complexity index is 434. The van der Waals surface area contributed by atoms with Gasteiger partial charge in [-0.05, 0) is 43.9 Å². The van der Waals surface area contributed by atoms with Crippen molar-refractivity contribution in [2.45, 2.75) is 25.9 Å². The number of rotatable bonds is 3. The molecular formula is C12H13F3N2. The molecule has 0 aromatic heterocycles. The molecule has 5 heteroatoms. The fourth-order valence-corrected chi connectivity index (χ4v) is 1.51. The second-order valence-corrected chi connectivity index (χ2v) is 4.22. The average Bonchev–Trinajstić information content (AvgIpc) is 3.09. The highest BCUT2D eigenvalue weighted by Gasteiger charge is 2.30. The fraction of sp³-hybridized carbons (Fsp3) is 0.417. The minimum atomic E-state index is -4.31. The van der Waals surface area contributed by atoms with Crippen LogP contribution in [0.1, 0.15) is 25.3 Å². The number of hydrogen-bond acceptors (Lipinski definition) is 2. The summed E-state index contributed by atoms with van der Waals surface area (Å²) in [6, 6.07) is 5.04. The highest BCUT2D eigenvalue weighted by Crippen LogP contribution is 2.32. The summed E-state index contributed by atoms with van der Waals surface area (Å²) in [4.78, 5) is 0. The van der Waals surface area contributed by atoms with E-state index in [4.69, 9.17) is 0 Å². The van der Waals surface area contributed by atoms with Crippen molar-refractivity contribution in [3.05, 3.63) is 29.8 Å². The molecule has 0 amide bonds. The molecule has 92 valence electrons. The Morgan fingerprint density at radius 3 is 2.65 bits per heavy atom. The zero-order valence-electron chi connectivity index (χ0n) is 9.38. The first kappa shape index (κ1) is 12.0. The number of hydrogen-bond donors (Lipinski definition) is 1. The number of halogens is 3. The lowest BCUT2D eigenvalue weighted by Crippen LogP contribution is -2.05. The Morgan fingerprint density at radius 1 is 1.35 bits per heavy atom. The van der Waals surface area contributed by atoms with Gasteiger partial charge in [0.15, 0.2) is 0 Å². The normalized spacial score (nSPS) is 17.1. The standard InChI is InChI=1S/C12H13F3N2/c1-8(9-5-6-9)16-17-11-4-2-3-10(7-11)12(13,14)15/h2-4,7,9,17H,5-6H2,1H3/b16-8+. The molecule has 17 heavy (non-hydrogen) atoms. The summed E-state index contributed by atoms with van der Waals surface area (Å²) in [6.45, 7) is 1.89. The van der Waals surface area contributed by atoms with E-state index in [0.717, 1.165) is 30.7 Å². The second-order valence-electron chi connectivity index (χ2n) is 4.22. The summed E-state index contributed by atoms with van der Waals surface area (Å²) in [5.74, 6) is 0.508. The molecule has 1 aromatic carbocycles. The molecule has 1 saturated carbocycles.